The second kappa shape index (κ2) is 8.00. The van der Waals surface area contributed by atoms with Crippen LogP contribution in [0.3, 0.4) is 0 Å². The van der Waals surface area contributed by atoms with Crippen molar-refractivity contribution >= 4 is 11.3 Å². The highest BCUT2D eigenvalue weighted by molar-refractivity contribution is 7.09. The smallest absolute Gasteiger partial charge is 0.0589 e. The van der Waals surface area contributed by atoms with Crippen LogP contribution >= 0.6 is 11.3 Å². The van der Waals surface area contributed by atoms with Gasteiger partial charge < -0.3 is 10.1 Å². The minimum absolute atomic E-state index is 0.707. The number of ether oxygens (including phenoxy) is 1. The lowest BCUT2D eigenvalue weighted by Gasteiger charge is -2.29. The van der Waals surface area contributed by atoms with Gasteiger partial charge in [0.05, 0.1) is 6.61 Å². The summed E-state index contributed by atoms with van der Waals surface area (Å²) in [6.07, 6.45) is 2.82. The van der Waals surface area contributed by atoms with Crippen LogP contribution in [0.2, 0.25) is 0 Å². The van der Waals surface area contributed by atoms with Crippen LogP contribution in [0.1, 0.15) is 24.6 Å². The van der Waals surface area contributed by atoms with Gasteiger partial charge in [-0.2, -0.15) is 0 Å². The maximum Gasteiger partial charge on any atom is 0.0589 e. The van der Waals surface area contributed by atoms with Crippen molar-refractivity contribution in [2.24, 2.45) is 5.92 Å². The second-order valence-electron chi connectivity index (χ2n) is 5.36. The molecule has 2 rings (SSSR count). The van der Waals surface area contributed by atoms with Crippen molar-refractivity contribution in [2.45, 2.75) is 32.4 Å². The van der Waals surface area contributed by atoms with Gasteiger partial charge >= 0.3 is 0 Å². The Morgan fingerprint density at radius 2 is 2.32 bits per heavy atom. The van der Waals surface area contributed by atoms with Gasteiger partial charge in [0, 0.05) is 44.2 Å². The molecule has 3 nitrogen and oxygen atoms in total. The van der Waals surface area contributed by atoms with Crippen molar-refractivity contribution in [1.29, 1.82) is 0 Å². The highest BCUT2D eigenvalue weighted by Crippen LogP contribution is 2.34. The van der Waals surface area contributed by atoms with Crippen molar-refractivity contribution in [3.8, 4) is 0 Å². The molecule has 19 heavy (non-hydrogen) atoms. The van der Waals surface area contributed by atoms with Gasteiger partial charge in [0.25, 0.3) is 0 Å². The summed E-state index contributed by atoms with van der Waals surface area (Å²) in [5.41, 5.74) is 0. The number of nitrogens with zero attached hydrogens (tertiary/aromatic N) is 1. The zero-order chi connectivity index (χ0) is 13.5. The van der Waals surface area contributed by atoms with Crippen LogP contribution in [0, 0.1) is 5.92 Å². The summed E-state index contributed by atoms with van der Waals surface area (Å²) in [6, 6.07) is 5.01. The molecule has 1 aromatic heterocycles. The molecule has 1 fully saturated rings. The molecule has 1 saturated carbocycles. The van der Waals surface area contributed by atoms with Crippen LogP contribution in [-0.4, -0.2) is 44.3 Å². The maximum absolute atomic E-state index is 5.23. The summed E-state index contributed by atoms with van der Waals surface area (Å²) in [5.74, 6) is 0.925. The lowest BCUT2D eigenvalue weighted by atomic mass is 10.2. The van der Waals surface area contributed by atoms with Crippen LogP contribution in [-0.2, 0) is 11.3 Å². The van der Waals surface area contributed by atoms with E-state index in [-0.39, 0.29) is 0 Å². The van der Waals surface area contributed by atoms with Crippen molar-refractivity contribution < 1.29 is 4.74 Å². The minimum atomic E-state index is 0.707. The fraction of sp³-hybridized carbons (Fsp3) is 0.733. The van der Waals surface area contributed by atoms with E-state index in [0.29, 0.717) is 6.04 Å². The van der Waals surface area contributed by atoms with Gasteiger partial charge in [0.15, 0.2) is 0 Å². The number of hydrogen-bond donors (Lipinski definition) is 1. The molecular formula is C15H26N2OS. The maximum atomic E-state index is 5.23. The quantitative estimate of drug-likeness (QED) is 0.668. The Balaban J connectivity index is 1.66. The molecule has 0 aliphatic heterocycles. The predicted molar refractivity (Wildman–Crippen MR) is 81.7 cm³/mol. The van der Waals surface area contributed by atoms with Gasteiger partial charge in [0.1, 0.15) is 0 Å². The molecule has 0 saturated heterocycles. The first-order valence-corrected chi connectivity index (χ1v) is 8.15. The number of thiophene rings is 1. The average molecular weight is 282 g/mol. The first kappa shape index (κ1) is 15.0. The van der Waals surface area contributed by atoms with E-state index < -0.39 is 0 Å². The molecule has 0 radical (unpaired) electrons. The normalized spacial score (nSPS) is 17.0. The zero-order valence-electron chi connectivity index (χ0n) is 12.1. The van der Waals surface area contributed by atoms with Crippen LogP contribution in [0.25, 0.3) is 0 Å². The largest absolute Gasteiger partial charge is 0.383 e. The summed E-state index contributed by atoms with van der Waals surface area (Å²) in [7, 11) is 1.79. The second-order valence-corrected chi connectivity index (χ2v) is 6.40. The van der Waals surface area contributed by atoms with Crippen LogP contribution in [0.4, 0.5) is 0 Å². The molecule has 0 aromatic carbocycles. The van der Waals surface area contributed by atoms with Gasteiger partial charge in [-0.15, -0.1) is 11.3 Å². The SMILES string of the molecule is COCCN(CCNCc1cccs1)C(C)C1CC1. The highest BCUT2D eigenvalue weighted by Gasteiger charge is 2.31. The van der Waals surface area contributed by atoms with Crippen molar-refractivity contribution in [1.82, 2.24) is 10.2 Å². The summed E-state index contributed by atoms with van der Waals surface area (Å²) < 4.78 is 5.23. The Morgan fingerprint density at radius 1 is 1.47 bits per heavy atom. The standard InChI is InChI=1S/C15H26N2OS/c1-13(14-5-6-14)17(9-10-18-2)8-7-16-12-15-4-3-11-19-15/h3-4,11,13-14,16H,5-10,12H2,1-2H3. The van der Waals surface area contributed by atoms with Gasteiger partial charge in [-0.05, 0) is 37.1 Å². The third-order valence-electron chi connectivity index (χ3n) is 3.92. The van der Waals surface area contributed by atoms with Gasteiger partial charge in [-0.3, -0.25) is 4.90 Å². The lowest BCUT2D eigenvalue weighted by molar-refractivity contribution is 0.117. The van der Waals surface area contributed by atoms with E-state index in [1.54, 1.807) is 7.11 Å². The molecular weight excluding hydrogens is 256 g/mol. The Morgan fingerprint density at radius 3 is 2.95 bits per heavy atom. The minimum Gasteiger partial charge on any atom is -0.383 e. The van der Waals surface area contributed by atoms with Gasteiger partial charge in [0.2, 0.25) is 0 Å². The number of rotatable bonds is 10. The molecule has 1 aliphatic carbocycles. The summed E-state index contributed by atoms with van der Waals surface area (Å²) in [4.78, 5) is 3.99. The Kier molecular flexibility index (Phi) is 6.31. The molecule has 4 heteroatoms. The molecule has 1 N–H and O–H groups in total. The molecule has 0 amide bonds. The topological polar surface area (TPSA) is 24.5 Å². The van der Waals surface area contributed by atoms with E-state index in [0.717, 1.165) is 38.7 Å². The first-order chi connectivity index (χ1) is 9.31. The van der Waals surface area contributed by atoms with Gasteiger partial charge in [-0.1, -0.05) is 6.07 Å². The first-order valence-electron chi connectivity index (χ1n) is 7.27. The highest BCUT2D eigenvalue weighted by atomic mass is 32.1. The molecule has 0 spiro atoms. The molecule has 0 bridgehead atoms. The van der Waals surface area contributed by atoms with E-state index in [1.165, 1.54) is 17.7 Å². The number of methoxy groups -OCH3 is 1. The van der Waals surface area contributed by atoms with E-state index in [9.17, 15) is 0 Å². The molecule has 1 atom stereocenters. The van der Waals surface area contributed by atoms with Crippen LogP contribution < -0.4 is 5.32 Å². The zero-order valence-corrected chi connectivity index (χ0v) is 12.9. The molecule has 108 valence electrons. The molecule has 1 aliphatic rings. The van der Waals surface area contributed by atoms with Crippen LogP contribution in [0.15, 0.2) is 17.5 Å². The Hall–Kier alpha value is -0.420. The van der Waals surface area contributed by atoms with Crippen LogP contribution in [0.5, 0.6) is 0 Å². The van der Waals surface area contributed by atoms with E-state index in [2.05, 4.69) is 34.7 Å². The predicted octanol–water partition coefficient (Wildman–Crippen LogP) is 2.58. The fourth-order valence-corrected chi connectivity index (χ4v) is 3.13. The fourth-order valence-electron chi connectivity index (χ4n) is 2.45. The molecule has 1 unspecified atom stereocenters. The third-order valence-corrected chi connectivity index (χ3v) is 4.79. The van der Waals surface area contributed by atoms with E-state index in [1.807, 2.05) is 11.3 Å². The van der Waals surface area contributed by atoms with Crippen molar-refractivity contribution in [3.63, 3.8) is 0 Å². The monoisotopic (exact) mass is 282 g/mol. The molecule has 1 heterocycles. The third kappa shape index (κ3) is 5.22. The average Bonchev–Trinajstić information content (AvgIpc) is 3.15. The van der Waals surface area contributed by atoms with Crippen molar-refractivity contribution in [2.75, 3.05) is 33.4 Å². The van der Waals surface area contributed by atoms with Gasteiger partial charge in [-0.25, -0.2) is 0 Å². The van der Waals surface area contributed by atoms with E-state index >= 15 is 0 Å². The summed E-state index contributed by atoms with van der Waals surface area (Å²) in [5, 5.41) is 5.67. The number of nitrogens with one attached hydrogen (secondary N) is 1. The lowest BCUT2D eigenvalue weighted by Crippen LogP contribution is -2.41. The Labute approximate surface area is 121 Å². The Bertz CT molecular complexity index is 338. The summed E-state index contributed by atoms with van der Waals surface area (Å²) in [6.45, 7) is 7.42. The number of hydrogen-bond acceptors (Lipinski definition) is 4. The van der Waals surface area contributed by atoms with Crippen molar-refractivity contribution in [3.05, 3.63) is 22.4 Å². The van der Waals surface area contributed by atoms with E-state index in [4.69, 9.17) is 4.74 Å². The molecule has 1 aromatic rings. The summed E-state index contributed by atoms with van der Waals surface area (Å²) >= 11 is 1.82.